The van der Waals surface area contributed by atoms with Crippen LogP contribution in [0.25, 0.3) is 0 Å². The summed E-state index contributed by atoms with van der Waals surface area (Å²) in [6.45, 7) is 0. The molecule has 3 nitrogen and oxygen atoms in total. The Morgan fingerprint density at radius 1 is 1.56 bits per heavy atom. The molecule has 0 bridgehead atoms. The normalized spacial score (nSPS) is 8.89. The standard InChI is InChI=1S/C5H5NO2Si/c7-6(8)5-3-1-2-4-9-5/h1-4,9H. The van der Waals surface area contributed by atoms with Gasteiger partial charge in [0.25, 0.3) is 0 Å². The van der Waals surface area contributed by atoms with Crippen molar-refractivity contribution in [1.82, 2.24) is 0 Å². The Hall–Kier alpha value is -1.03. The summed E-state index contributed by atoms with van der Waals surface area (Å²) in [6.07, 6.45) is 0. The molecule has 0 amide bonds. The second-order valence-electron chi connectivity index (χ2n) is 1.59. The molecule has 46 valence electrons. The minimum atomic E-state index is -0.324. The van der Waals surface area contributed by atoms with Crippen molar-refractivity contribution in [2.45, 2.75) is 0 Å². The van der Waals surface area contributed by atoms with Crippen LogP contribution in [0.15, 0.2) is 23.9 Å². The third kappa shape index (κ3) is 1.43. The van der Waals surface area contributed by atoms with Crippen molar-refractivity contribution in [3.63, 3.8) is 0 Å². The molecule has 0 spiro atoms. The molecule has 0 N–H and O–H groups in total. The lowest BCUT2D eigenvalue weighted by Gasteiger charge is -1.85. The maximum absolute atomic E-state index is 10.1. The molecule has 0 atom stereocenters. The van der Waals surface area contributed by atoms with Gasteiger partial charge >= 0.3 is 0 Å². The molecule has 0 aromatic carbocycles. The highest BCUT2D eigenvalue weighted by Crippen LogP contribution is 2.00. The smallest absolute Gasteiger partial charge is 0.232 e. The molecular formula is C5H5NO2Si. The van der Waals surface area contributed by atoms with Crippen molar-refractivity contribution in [3.05, 3.63) is 34.0 Å². The van der Waals surface area contributed by atoms with Gasteiger partial charge in [-0.05, 0) is 0 Å². The Bertz CT molecular complexity index is 211. The highest BCUT2D eigenvalue weighted by atomic mass is 28.2. The van der Waals surface area contributed by atoms with Gasteiger partial charge in [0.05, 0.1) is 4.92 Å². The zero-order valence-corrected chi connectivity index (χ0v) is 5.81. The van der Waals surface area contributed by atoms with Crippen molar-refractivity contribution in [2.75, 3.05) is 0 Å². The molecule has 0 unspecified atom stereocenters. The minimum Gasteiger partial charge on any atom is -0.259 e. The van der Waals surface area contributed by atoms with E-state index in [0.717, 1.165) is 0 Å². The van der Waals surface area contributed by atoms with Gasteiger partial charge in [-0.25, -0.2) is 0 Å². The largest absolute Gasteiger partial charge is 0.259 e. The fourth-order valence-electron chi connectivity index (χ4n) is 0.550. The van der Waals surface area contributed by atoms with Crippen molar-refractivity contribution >= 4 is 14.4 Å². The highest BCUT2D eigenvalue weighted by molar-refractivity contribution is 6.36. The summed E-state index contributed by atoms with van der Waals surface area (Å²) in [7, 11) is -0.226. The van der Waals surface area contributed by atoms with E-state index in [4.69, 9.17) is 0 Å². The molecule has 0 saturated carbocycles. The number of rotatable bonds is 1. The Balaban J connectivity index is 2.98. The Morgan fingerprint density at radius 3 is 2.67 bits per heavy atom. The molecule has 0 aliphatic rings. The third-order valence-corrected chi connectivity index (χ3v) is 2.13. The van der Waals surface area contributed by atoms with Gasteiger partial charge < -0.3 is 0 Å². The number of hydrogen-bond donors (Lipinski definition) is 0. The van der Waals surface area contributed by atoms with Crippen molar-refractivity contribution < 1.29 is 4.92 Å². The molecule has 1 heterocycles. The van der Waals surface area contributed by atoms with E-state index >= 15 is 0 Å². The van der Waals surface area contributed by atoms with Crippen LogP contribution < -0.4 is 0 Å². The van der Waals surface area contributed by atoms with Crippen LogP contribution in [-0.4, -0.2) is 14.0 Å². The Kier molecular flexibility index (Phi) is 1.69. The van der Waals surface area contributed by atoms with Crippen LogP contribution in [0, 0.1) is 10.1 Å². The van der Waals surface area contributed by atoms with E-state index in [0.29, 0.717) is 5.30 Å². The van der Waals surface area contributed by atoms with E-state index in [1.165, 1.54) is 0 Å². The highest BCUT2D eigenvalue weighted by Gasteiger charge is 1.98. The zero-order chi connectivity index (χ0) is 6.69. The summed E-state index contributed by atoms with van der Waals surface area (Å²) < 4.78 is 0. The van der Waals surface area contributed by atoms with Crippen LogP contribution in [0.1, 0.15) is 0 Å². The van der Waals surface area contributed by atoms with Crippen LogP contribution >= 0.6 is 0 Å². The SMILES string of the molecule is O=[N+]([O-])c1cccc[siH]1. The van der Waals surface area contributed by atoms with Gasteiger partial charge in [0.1, 0.15) is 9.12 Å². The fourth-order valence-corrected chi connectivity index (χ4v) is 1.33. The second kappa shape index (κ2) is 2.50. The summed E-state index contributed by atoms with van der Waals surface area (Å²) in [4.78, 5) is 9.73. The Morgan fingerprint density at radius 2 is 2.33 bits per heavy atom. The summed E-state index contributed by atoms with van der Waals surface area (Å²) in [6, 6.07) is 5.08. The zero-order valence-electron chi connectivity index (χ0n) is 4.65. The molecule has 0 radical (unpaired) electrons. The molecule has 4 heteroatoms. The monoisotopic (exact) mass is 139 g/mol. The van der Waals surface area contributed by atoms with Gasteiger partial charge in [0.2, 0.25) is 5.30 Å². The van der Waals surface area contributed by atoms with Gasteiger partial charge in [0.15, 0.2) is 0 Å². The first kappa shape index (κ1) is 6.09. The van der Waals surface area contributed by atoms with Gasteiger partial charge in [0, 0.05) is 6.07 Å². The topological polar surface area (TPSA) is 43.1 Å². The molecule has 1 rings (SSSR count). The lowest BCUT2D eigenvalue weighted by molar-refractivity contribution is -0.381. The van der Waals surface area contributed by atoms with Crippen LogP contribution in [0.4, 0.5) is 5.30 Å². The second-order valence-corrected chi connectivity index (χ2v) is 2.90. The molecule has 0 aliphatic heterocycles. The Labute approximate surface area is 54.2 Å². The summed E-state index contributed by atoms with van der Waals surface area (Å²) in [5.41, 5.74) is 1.85. The lowest BCUT2D eigenvalue weighted by atomic mass is 10.5. The van der Waals surface area contributed by atoms with Gasteiger partial charge in [-0.15, -0.1) is 0 Å². The van der Waals surface area contributed by atoms with E-state index in [9.17, 15) is 10.1 Å². The van der Waals surface area contributed by atoms with Crippen molar-refractivity contribution in [2.24, 2.45) is 0 Å². The van der Waals surface area contributed by atoms with E-state index in [1.807, 2.05) is 11.7 Å². The van der Waals surface area contributed by atoms with Crippen LogP contribution in [-0.2, 0) is 0 Å². The summed E-state index contributed by atoms with van der Waals surface area (Å²) in [5, 5.41) is 10.4. The van der Waals surface area contributed by atoms with Crippen molar-refractivity contribution in [1.29, 1.82) is 0 Å². The van der Waals surface area contributed by atoms with Gasteiger partial charge in [-0.1, -0.05) is 17.8 Å². The van der Waals surface area contributed by atoms with Crippen LogP contribution in [0.2, 0.25) is 0 Å². The first-order valence-corrected chi connectivity index (χ1v) is 3.74. The predicted octanol–water partition coefficient (Wildman–Crippen LogP) is 0.665. The summed E-state index contributed by atoms with van der Waals surface area (Å²) in [5.74, 6) is 0. The van der Waals surface area contributed by atoms with Crippen molar-refractivity contribution in [3.8, 4) is 0 Å². The number of hydrogen-bond acceptors (Lipinski definition) is 2. The fraction of sp³-hybridized carbons (Fsp3) is 0. The molecule has 1 aromatic heterocycles. The molecule has 1 aromatic rings. The average molecular weight is 139 g/mol. The van der Waals surface area contributed by atoms with Crippen LogP contribution in [0.3, 0.4) is 0 Å². The van der Waals surface area contributed by atoms with E-state index in [1.54, 1.807) is 12.1 Å². The van der Waals surface area contributed by atoms with E-state index in [-0.39, 0.29) is 14.0 Å². The molecule has 0 aliphatic carbocycles. The maximum atomic E-state index is 10.1. The molecular weight excluding hydrogens is 134 g/mol. The lowest BCUT2D eigenvalue weighted by Crippen LogP contribution is -1.89. The van der Waals surface area contributed by atoms with Gasteiger partial charge in [-0.2, -0.15) is 0 Å². The molecule has 9 heavy (non-hydrogen) atoms. The summed E-state index contributed by atoms with van der Waals surface area (Å²) >= 11 is 0. The quantitative estimate of drug-likeness (QED) is 0.326. The molecule has 0 saturated heterocycles. The minimum absolute atomic E-state index is 0.226. The maximum Gasteiger partial charge on any atom is 0.232 e. The first-order valence-electron chi connectivity index (χ1n) is 2.50. The third-order valence-electron chi connectivity index (χ3n) is 0.967. The predicted molar refractivity (Wildman–Crippen MR) is 35.8 cm³/mol. The number of nitro groups is 1. The average Bonchev–Trinajstić information content (AvgIpc) is 1.90. The number of nitrogens with zero attached hydrogens (tertiary/aromatic N) is 1. The van der Waals surface area contributed by atoms with Gasteiger partial charge in [-0.3, -0.25) is 10.1 Å². The van der Waals surface area contributed by atoms with Crippen LogP contribution in [0.5, 0.6) is 0 Å². The van der Waals surface area contributed by atoms with E-state index in [2.05, 4.69) is 0 Å². The van der Waals surface area contributed by atoms with E-state index < -0.39 is 0 Å². The molecule has 0 fully saturated rings. The first-order chi connectivity index (χ1) is 4.30.